The summed E-state index contributed by atoms with van der Waals surface area (Å²) in [6.45, 7) is 5.91. The zero-order valence-corrected chi connectivity index (χ0v) is 21.4. The molecule has 190 valence electrons. The molecule has 1 N–H and O–H groups in total. The van der Waals surface area contributed by atoms with Gasteiger partial charge in [-0.05, 0) is 44.9 Å². The normalized spacial score (nSPS) is 13.4. The number of benzene rings is 2. The van der Waals surface area contributed by atoms with Gasteiger partial charge in [-0.1, -0.05) is 30.3 Å². The van der Waals surface area contributed by atoms with Crippen molar-refractivity contribution in [2.75, 3.05) is 23.9 Å². The summed E-state index contributed by atoms with van der Waals surface area (Å²) in [5.74, 6) is 0.579. The maximum atomic E-state index is 13.2. The van der Waals surface area contributed by atoms with Gasteiger partial charge < -0.3 is 19.7 Å². The van der Waals surface area contributed by atoms with Crippen LogP contribution in [0.15, 0.2) is 48.5 Å². The Morgan fingerprint density at radius 3 is 2.37 bits per heavy atom. The number of sulfonamides is 1. The highest BCUT2D eigenvalue weighted by molar-refractivity contribution is 7.92. The Kier molecular flexibility index (Phi) is 8.61. The van der Waals surface area contributed by atoms with Crippen molar-refractivity contribution in [2.45, 2.75) is 52.2 Å². The molecule has 2 amide bonds. The van der Waals surface area contributed by atoms with E-state index in [2.05, 4.69) is 5.32 Å². The Morgan fingerprint density at radius 2 is 1.71 bits per heavy atom. The molecule has 3 rings (SSSR count). The first-order chi connectivity index (χ1) is 16.6. The second kappa shape index (κ2) is 11.4. The van der Waals surface area contributed by atoms with Gasteiger partial charge in [0.05, 0.1) is 11.9 Å². The number of hydrogen-bond acceptors (Lipinski definition) is 6. The van der Waals surface area contributed by atoms with Crippen LogP contribution in [0, 0.1) is 0 Å². The molecule has 1 aliphatic rings. The zero-order chi connectivity index (χ0) is 25.6. The third kappa shape index (κ3) is 7.11. The van der Waals surface area contributed by atoms with E-state index in [0.717, 1.165) is 11.8 Å². The van der Waals surface area contributed by atoms with Crippen LogP contribution in [0.4, 0.5) is 5.69 Å². The second-order valence-corrected chi connectivity index (χ2v) is 10.7. The van der Waals surface area contributed by atoms with Gasteiger partial charge in [0.2, 0.25) is 28.6 Å². The predicted octanol–water partition coefficient (Wildman–Crippen LogP) is 2.90. The molecule has 0 bridgehead atoms. The molecule has 0 saturated heterocycles. The highest BCUT2D eigenvalue weighted by Gasteiger charge is 2.27. The molecule has 10 heteroatoms. The van der Waals surface area contributed by atoms with Crippen molar-refractivity contribution in [1.29, 1.82) is 0 Å². The third-order valence-corrected chi connectivity index (χ3v) is 6.78. The number of amides is 2. The molecule has 0 saturated carbocycles. The number of hydrogen-bond donors (Lipinski definition) is 1. The Bertz CT molecular complexity index is 1140. The van der Waals surface area contributed by atoms with E-state index in [0.29, 0.717) is 17.2 Å². The van der Waals surface area contributed by atoms with Crippen molar-refractivity contribution in [3.8, 4) is 11.5 Å². The van der Waals surface area contributed by atoms with Crippen LogP contribution < -0.4 is 19.1 Å². The monoisotopic (exact) mass is 503 g/mol. The van der Waals surface area contributed by atoms with E-state index in [1.807, 2.05) is 44.2 Å². The van der Waals surface area contributed by atoms with Crippen molar-refractivity contribution in [3.05, 3.63) is 54.1 Å². The molecular formula is C25H33N3O6S. The van der Waals surface area contributed by atoms with Gasteiger partial charge in [0.15, 0.2) is 11.5 Å². The molecule has 0 fully saturated rings. The van der Waals surface area contributed by atoms with Crippen LogP contribution >= 0.6 is 0 Å². The molecule has 9 nitrogen and oxygen atoms in total. The summed E-state index contributed by atoms with van der Waals surface area (Å²) in [5, 5.41) is 2.86. The van der Waals surface area contributed by atoms with Crippen LogP contribution in [0.25, 0.3) is 0 Å². The fourth-order valence-corrected chi connectivity index (χ4v) is 4.77. The molecule has 0 radical (unpaired) electrons. The largest absolute Gasteiger partial charge is 0.454 e. The Morgan fingerprint density at radius 1 is 1.03 bits per heavy atom. The molecule has 2 aromatic carbocycles. The first-order valence-corrected chi connectivity index (χ1v) is 13.4. The summed E-state index contributed by atoms with van der Waals surface area (Å²) in [6, 6.07) is 13.7. The molecule has 0 aromatic heterocycles. The summed E-state index contributed by atoms with van der Waals surface area (Å²) < 4.78 is 36.9. The average molecular weight is 504 g/mol. The third-order valence-electron chi connectivity index (χ3n) is 5.59. The highest BCUT2D eigenvalue weighted by Crippen LogP contribution is 2.36. The van der Waals surface area contributed by atoms with Gasteiger partial charge in [0.1, 0.15) is 6.04 Å². The number of anilines is 1. The average Bonchev–Trinajstić information content (AvgIpc) is 3.27. The highest BCUT2D eigenvalue weighted by atomic mass is 32.2. The van der Waals surface area contributed by atoms with E-state index in [4.69, 9.17) is 9.47 Å². The van der Waals surface area contributed by atoms with Crippen LogP contribution in [0.1, 0.15) is 39.2 Å². The van der Waals surface area contributed by atoms with Crippen molar-refractivity contribution in [1.82, 2.24) is 10.2 Å². The molecule has 1 atom stereocenters. The van der Waals surface area contributed by atoms with Crippen LogP contribution in [0.3, 0.4) is 0 Å². The van der Waals surface area contributed by atoms with Gasteiger partial charge >= 0.3 is 0 Å². The summed E-state index contributed by atoms with van der Waals surface area (Å²) in [5.41, 5.74) is 1.35. The first kappa shape index (κ1) is 26.3. The fourth-order valence-electron chi connectivity index (χ4n) is 3.81. The topological polar surface area (TPSA) is 105 Å². The molecule has 0 unspecified atom stereocenters. The minimum atomic E-state index is -3.60. The maximum absolute atomic E-state index is 13.2. The summed E-state index contributed by atoms with van der Waals surface area (Å²) in [7, 11) is -3.60. The van der Waals surface area contributed by atoms with E-state index in [1.165, 1.54) is 4.31 Å². The molecule has 0 spiro atoms. The van der Waals surface area contributed by atoms with Gasteiger partial charge in [-0.25, -0.2) is 8.42 Å². The summed E-state index contributed by atoms with van der Waals surface area (Å²) in [4.78, 5) is 27.4. The number of nitrogens with zero attached hydrogens (tertiary/aromatic N) is 2. The van der Waals surface area contributed by atoms with E-state index >= 15 is 0 Å². The van der Waals surface area contributed by atoms with Crippen molar-refractivity contribution in [2.24, 2.45) is 0 Å². The molecule has 35 heavy (non-hydrogen) atoms. The summed E-state index contributed by atoms with van der Waals surface area (Å²) >= 11 is 0. The quantitative estimate of drug-likeness (QED) is 0.506. The smallest absolute Gasteiger partial charge is 0.242 e. The number of fused-ring (bicyclic) bond motifs is 1. The van der Waals surface area contributed by atoms with Gasteiger partial charge in [0, 0.05) is 31.6 Å². The predicted molar refractivity (Wildman–Crippen MR) is 134 cm³/mol. The standard InChI is InChI=1S/C25H33N3O6S/c1-18(2)26-25(30)19(3)27(16-20-9-6-5-7-10-20)24(29)11-8-14-28(35(4,31)32)21-12-13-22-23(15-21)34-17-33-22/h5-7,9-10,12-13,15,18-19H,8,11,14,16-17H2,1-4H3,(H,26,30)/t19-/m0/s1. The lowest BCUT2D eigenvalue weighted by Crippen LogP contribution is -2.49. The van der Waals surface area contributed by atoms with Crippen molar-refractivity contribution >= 4 is 27.5 Å². The van der Waals surface area contributed by atoms with E-state index in [-0.39, 0.29) is 50.6 Å². The van der Waals surface area contributed by atoms with Gasteiger partial charge in [-0.3, -0.25) is 13.9 Å². The Labute approximate surface area is 207 Å². The van der Waals surface area contributed by atoms with Crippen LogP contribution in [0.2, 0.25) is 0 Å². The number of carbonyl (C=O) groups is 2. The molecule has 1 heterocycles. The fraction of sp³-hybridized carbons (Fsp3) is 0.440. The number of nitrogens with one attached hydrogen (secondary N) is 1. The van der Waals surface area contributed by atoms with Gasteiger partial charge in [-0.15, -0.1) is 0 Å². The zero-order valence-electron chi connectivity index (χ0n) is 20.6. The summed E-state index contributed by atoms with van der Waals surface area (Å²) in [6.07, 6.45) is 1.49. The molecule has 0 aliphatic carbocycles. The van der Waals surface area contributed by atoms with Gasteiger partial charge in [0.25, 0.3) is 0 Å². The van der Waals surface area contributed by atoms with Crippen LogP contribution in [0.5, 0.6) is 11.5 Å². The number of ether oxygens (including phenoxy) is 2. The van der Waals surface area contributed by atoms with E-state index in [1.54, 1.807) is 30.0 Å². The lowest BCUT2D eigenvalue weighted by Gasteiger charge is -2.30. The SMILES string of the molecule is CC(C)NC(=O)[C@H](C)N(Cc1ccccc1)C(=O)CCCN(c1ccc2c(c1)OCO2)S(C)(=O)=O. The lowest BCUT2D eigenvalue weighted by molar-refractivity contribution is -0.140. The van der Waals surface area contributed by atoms with Crippen LogP contribution in [-0.4, -0.2) is 56.8 Å². The van der Waals surface area contributed by atoms with Crippen LogP contribution in [-0.2, 0) is 26.2 Å². The van der Waals surface area contributed by atoms with Gasteiger partial charge in [-0.2, -0.15) is 0 Å². The Balaban J connectivity index is 1.71. The molecular weight excluding hydrogens is 470 g/mol. The second-order valence-electron chi connectivity index (χ2n) is 8.82. The first-order valence-electron chi connectivity index (χ1n) is 11.6. The number of carbonyl (C=O) groups excluding carboxylic acids is 2. The lowest BCUT2D eigenvalue weighted by atomic mass is 10.1. The van der Waals surface area contributed by atoms with Crippen molar-refractivity contribution in [3.63, 3.8) is 0 Å². The van der Waals surface area contributed by atoms with E-state index < -0.39 is 16.1 Å². The molecule has 2 aromatic rings. The minimum absolute atomic E-state index is 0.0522. The maximum Gasteiger partial charge on any atom is 0.242 e. The minimum Gasteiger partial charge on any atom is -0.454 e. The van der Waals surface area contributed by atoms with E-state index in [9.17, 15) is 18.0 Å². The Hall–Kier alpha value is -3.27. The van der Waals surface area contributed by atoms with Crippen molar-refractivity contribution < 1.29 is 27.5 Å². The number of rotatable bonds is 11. The molecule has 1 aliphatic heterocycles.